The van der Waals surface area contributed by atoms with E-state index in [4.69, 9.17) is 0 Å². The third-order valence-corrected chi connectivity index (χ3v) is 3.87. The van der Waals surface area contributed by atoms with Crippen LogP contribution in [-0.4, -0.2) is 34.2 Å². The van der Waals surface area contributed by atoms with Gasteiger partial charge >= 0.3 is 0 Å². The van der Waals surface area contributed by atoms with E-state index >= 15 is 0 Å². The van der Waals surface area contributed by atoms with Crippen LogP contribution in [0.2, 0.25) is 0 Å². The average Bonchev–Trinajstić information content (AvgIpc) is 3.48. The first kappa shape index (κ1) is 16.5. The molecule has 6 heterocycles. The van der Waals surface area contributed by atoms with Crippen LogP contribution in [0.3, 0.4) is 0 Å². The summed E-state index contributed by atoms with van der Waals surface area (Å²) >= 11 is 0. The second kappa shape index (κ2) is 7.92. The number of H-pyrrole nitrogens is 1. The van der Waals surface area contributed by atoms with Crippen LogP contribution in [0, 0.1) is 0 Å². The van der Waals surface area contributed by atoms with E-state index in [-0.39, 0.29) is 0 Å². The quantitative estimate of drug-likeness (QED) is 0.451. The Labute approximate surface area is 154 Å². The summed E-state index contributed by atoms with van der Waals surface area (Å²) in [6, 6.07) is 15.8. The van der Waals surface area contributed by atoms with Gasteiger partial charge in [0.1, 0.15) is 0 Å². The minimum atomic E-state index is 1.03. The summed E-state index contributed by atoms with van der Waals surface area (Å²) in [5, 5.41) is 11.8. The largest absolute Gasteiger partial charge is 0.306 e. The Balaban J connectivity index is 0.0000001000. The van der Waals surface area contributed by atoms with Crippen LogP contribution in [-0.2, 0) is 0 Å². The van der Waals surface area contributed by atoms with Crippen LogP contribution in [0.5, 0.6) is 0 Å². The van der Waals surface area contributed by atoms with Crippen LogP contribution >= 0.6 is 0 Å². The molecular formula is C20H17N7. The Kier molecular flexibility index (Phi) is 4.83. The molecule has 0 radical (unpaired) electrons. The van der Waals surface area contributed by atoms with Crippen molar-refractivity contribution in [1.29, 1.82) is 0 Å². The number of nitrogens with one attached hydrogen (secondary N) is 1. The highest BCUT2D eigenvalue weighted by molar-refractivity contribution is 5.76. The number of hydrogen-bond donors (Lipinski definition) is 1. The van der Waals surface area contributed by atoms with Crippen LogP contribution in [0.1, 0.15) is 0 Å². The molecule has 0 unspecified atom stereocenters. The van der Waals surface area contributed by atoms with Crippen molar-refractivity contribution >= 4 is 21.9 Å². The molecule has 0 aliphatic rings. The van der Waals surface area contributed by atoms with E-state index in [9.17, 15) is 0 Å². The number of fused-ring (bicyclic) bond motifs is 3. The first-order chi connectivity index (χ1) is 13.4. The van der Waals surface area contributed by atoms with Crippen LogP contribution < -0.4 is 0 Å². The SMILES string of the molecule is c1cc2[nH]ncc2cn1.c1ccn2cncc2c1.c1ccn2nccc2c1. The topological polar surface area (TPSA) is 76.2 Å². The molecule has 7 nitrogen and oxygen atoms in total. The fourth-order valence-electron chi connectivity index (χ4n) is 2.51. The summed E-state index contributed by atoms with van der Waals surface area (Å²) in [5.41, 5.74) is 3.31. The van der Waals surface area contributed by atoms with E-state index in [1.165, 1.54) is 0 Å². The van der Waals surface area contributed by atoms with Gasteiger partial charge in [-0.05, 0) is 36.4 Å². The zero-order valence-corrected chi connectivity index (χ0v) is 14.4. The number of imidazole rings is 1. The molecular weight excluding hydrogens is 338 g/mol. The maximum atomic E-state index is 4.04. The molecule has 0 spiro atoms. The van der Waals surface area contributed by atoms with Crippen LogP contribution in [0.15, 0.2) is 98.2 Å². The van der Waals surface area contributed by atoms with Gasteiger partial charge in [-0.3, -0.25) is 10.1 Å². The lowest BCUT2D eigenvalue weighted by molar-refractivity contribution is 0.961. The smallest absolute Gasteiger partial charge is 0.0991 e. The lowest BCUT2D eigenvalue weighted by Crippen LogP contribution is -1.81. The summed E-state index contributed by atoms with van der Waals surface area (Å²) in [5.74, 6) is 0. The zero-order chi connectivity index (χ0) is 18.3. The van der Waals surface area contributed by atoms with Gasteiger partial charge < -0.3 is 4.40 Å². The fourth-order valence-corrected chi connectivity index (χ4v) is 2.51. The lowest BCUT2D eigenvalue weighted by atomic mass is 10.3. The van der Waals surface area contributed by atoms with E-state index in [1.807, 2.05) is 76.0 Å². The van der Waals surface area contributed by atoms with E-state index in [2.05, 4.69) is 25.3 Å². The number of pyridine rings is 3. The molecule has 0 bridgehead atoms. The number of hydrogen-bond acceptors (Lipinski definition) is 4. The summed E-state index contributed by atoms with van der Waals surface area (Å²) in [7, 11) is 0. The monoisotopic (exact) mass is 355 g/mol. The maximum absolute atomic E-state index is 4.04. The molecule has 6 aromatic heterocycles. The average molecular weight is 355 g/mol. The van der Waals surface area contributed by atoms with Gasteiger partial charge in [-0.25, -0.2) is 9.50 Å². The Morgan fingerprint density at radius 2 is 1.63 bits per heavy atom. The van der Waals surface area contributed by atoms with Crippen LogP contribution in [0.25, 0.3) is 21.9 Å². The predicted molar refractivity (Wildman–Crippen MR) is 104 cm³/mol. The van der Waals surface area contributed by atoms with E-state index in [0.717, 1.165) is 21.9 Å². The second-order valence-corrected chi connectivity index (χ2v) is 5.66. The predicted octanol–water partition coefficient (Wildman–Crippen LogP) is 3.63. The van der Waals surface area contributed by atoms with Gasteiger partial charge in [-0.1, -0.05) is 12.1 Å². The number of nitrogens with zero attached hydrogens (tertiary/aromatic N) is 6. The second-order valence-electron chi connectivity index (χ2n) is 5.66. The van der Waals surface area contributed by atoms with Crippen molar-refractivity contribution in [2.45, 2.75) is 0 Å². The lowest BCUT2D eigenvalue weighted by Gasteiger charge is -1.86. The Morgan fingerprint density at radius 1 is 0.741 bits per heavy atom. The minimum Gasteiger partial charge on any atom is -0.306 e. The molecule has 1 N–H and O–H groups in total. The highest BCUT2D eigenvalue weighted by Crippen LogP contribution is 2.05. The molecule has 6 aromatic rings. The molecule has 6 rings (SSSR count). The Bertz CT molecular complexity index is 1000. The van der Waals surface area contributed by atoms with Crippen molar-refractivity contribution in [2.75, 3.05) is 0 Å². The van der Waals surface area contributed by atoms with Gasteiger partial charge in [0.15, 0.2) is 0 Å². The molecule has 0 saturated carbocycles. The number of rotatable bonds is 0. The molecule has 7 heteroatoms. The zero-order valence-electron chi connectivity index (χ0n) is 14.4. The summed E-state index contributed by atoms with van der Waals surface area (Å²) in [6.45, 7) is 0. The summed E-state index contributed by atoms with van der Waals surface area (Å²) < 4.78 is 3.81. The normalized spacial score (nSPS) is 10.2. The Morgan fingerprint density at radius 3 is 2.48 bits per heavy atom. The highest BCUT2D eigenvalue weighted by atomic mass is 15.2. The van der Waals surface area contributed by atoms with Crippen LogP contribution in [0.4, 0.5) is 0 Å². The molecule has 0 aliphatic carbocycles. The van der Waals surface area contributed by atoms with Crippen molar-refractivity contribution in [2.24, 2.45) is 0 Å². The summed E-state index contributed by atoms with van der Waals surface area (Å²) in [4.78, 5) is 7.89. The van der Waals surface area contributed by atoms with Crippen molar-refractivity contribution in [3.63, 3.8) is 0 Å². The third-order valence-electron chi connectivity index (χ3n) is 3.87. The van der Waals surface area contributed by atoms with E-state index in [1.54, 1.807) is 31.1 Å². The minimum absolute atomic E-state index is 1.03. The Hall–Kier alpha value is -4.00. The first-order valence-electron chi connectivity index (χ1n) is 8.38. The molecule has 27 heavy (non-hydrogen) atoms. The van der Waals surface area contributed by atoms with Gasteiger partial charge in [0, 0.05) is 36.4 Å². The van der Waals surface area contributed by atoms with Crippen molar-refractivity contribution in [3.8, 4) is 0 Å². The van der Waals surface area contributed by atoms with E-state index in [0.29, 0.717) is 0 Å². The first-order valence-corrected chi connectivity index (χ1v) is 8.38. The number of aromatic amines is 1. The van der Waals surface area contributed by atoms with Gasteiger partial charge in [-0.2, -0.15) is 10.2 Å². The molecule has 0 fully saturated rings. The van der Waals surface area contributed by atoms with Crippen molar-refractivity contribution in [3.05, 3.63) is 98.2 Å². The standard InChI is InChI=1S/2C7H6N2.C6H5N3/c1-2-6-9-7(3-1)4-5-8-9;1-2-4-9-6-8-5-7(9)3-1;1-2-7-3-5-4-8-9-6(1)5/h2*1-6H;1-4H,(H,8,9). The summed E-state index contributed by atoms with van der Waals surface area (Å²) in [6.07, 6.45) is 14.6. The molecule has 0 saturated heterocycles. The molecule has 0 aliphatic heterocycles. The molecule has 0 atom stereocenters. The highest BCUT2D eigenvalue weighted by Gasteiger charge is 1.89. The number of aromatic nitrogens is 7. The van der Waals surface area contributed by atoms with Gasteiger partial charge in [-0.15, -0.1) is 0 Å². The van der Waals surface area contributed by atoms with Gasteiger partial charge in [0.2, 0.25) is 0 Å². The molecule has 132 valence electrons. The van der Waals surface area contributed by atoms with E-state index < -0.39 is 0 Å². The van der Waals surface area contributed by atoms with Crippen molar-refractivity contribution < 1.29 is 0 Å². The van der Waals surface area contributed by atoms with Crippen molar-refractivity contribution in [1.82, 2.24) is 34.2 Å². The third kappa shape index (κ3) is 3.98. The van der Waals surface area contributed by atoms with Gasteiger partial charge in [0.05, 0.1) is 35.3 Å². The molecule has 0 amide bonds. The maximum Gasteiger partial charge on any atom is 0.0991 e. The fraction of sp³-hybridized carbons (Fsp3) is 0. The molecule has 0 aromatic carbocycles. The van der Waals surface area contributed by atoms with Gasteiger partial charge in [0.25, 0.3) is 0 Å².